The summed E-state index contributed by atoms with van der Waals surface area (Å²) in [5.74, 6) is 5.41. The average Bonchev–Trinajstić information content (AvgIpc) is 3.54. The first-order valence-electron chi connectivity index (χ1n) is 16.6. The van der Waals surface area contributed by atoms with Crippen LogP contribution in [-0.2, 0) is 27.4 Å². The summed E-state index contributed by atoms with van der Waals surface area (Å²) in [6.45, 7) is 8.16. The smallest absolute Gasteiger partial charge is 0.200 e. The molecule has 1 aromatic heterocycles. The molecular formula is C34H50N6O4. The van der Waals surface area contributed by atoms with Gasteiger partial charge in [-0.25, -0.2) is 0 Å². The molecule has 1 aromatic carbocycles. The molecule has 2 saturated heterocycles. The summed E-state index contributed by atoms with van der Waals surface area (Å²) in [5.41, 5.74) is 2.12. The molecule has 3 N–H and O–H groups in total. The highest BCUT2D eigenvalue weighted by Crippen LogP contribution is 2.40. The summed E-state index contributed by atoms with van der Waals surface area (Å²) >= 11 is 0. The molecule has 0 bridgehead atoms. The second-order valence-corrected chi connectivity index (χ2v) is 13.8. The molecule has 2 aliphatic carbocycles. The van der Waals surface area contributed by atoms with Crippen molar-refractivity contribution >= 4 is 17.3 Å². The minimum Gasteiger partial charge on any atom is -0.373 e. The van der Waals surface area contributed by atoms with E-state index in [1.165, 1.54) is 44.1 Å². The Morgan fingerprint density at radius 3 is 1.91 bits per heavy atom. The van der Waals surface area contributed by atoms with E-state index in [0.717, 1.165) is 56.4 Å². The maximum Gasteiger partial charge on any atom is 0.200 e. The van der Waals surface area contributed by atoms with Gasteiger partial charge in [0.25, 0.3) is 0 Å². The van der Waals surface area contributed by atoms with E-state index in [1.54, 1.807) is 20.8 Å². The van der Waals surface area contributed by atoms with E-state index in [2.05, 4.69) is 43.4 Å². The number of ketones is 3. The van der Waals surface area contributed by atoms with E-state index < -0.39 is 0 Å². The van der Waals surface area contributed by atoms with Crippen LogP contribution in [0.15, 0.2) is 24.3 Å². The number of aromatic amines is 1. The quantitative estimate of drug-likeness (QED) is 0.360. The number of nitrogens with one attached hydrogen (secondary N) is 3. The molecule has 44 heavy (non-hydrogen) atoms. The topological polar surface area (TPSA) is 139 Å². The molecule has 240 valence electrons. The van der Waals surface area contributed by atoms with Crippen LogP contribution in [0.3, 0.4) is 0 Å². The molecule has 8 unspecified atom stereocenters. The van der Waals surface area contributed by atoms with Crippen LogP contribution >= 0.6 is 0 Å². The van der Waals surface area contributed by atoms with E-state index in [0.29, 0.717) is 36.1 Å². The maximum atomic E-state index is 11.6. The van der Waals surface area contributed by atoms with Crippen LogP contribution in [0.1, 0.15) is 93.9 Å². The first-order chi connectivity index (χ1) is 21.2. The molecule has 8 atom stereocenters. The lowest BCUT2D eigenvalue weighted by molar-refractivity contribution is -0.121. The first kappa shape index (κ1) is 32.6. The Balaban J connectivity index is 0.000000175. The standard InChI is InChI=1S/C20H27NO2.C14H23N5O2/c1-13(22)17-6-3-15(4-7-17)9-16-5-8-18-12-21-20(14(2)23)11-19(18)10-16;1-9(20)13-5-12-4-10(2-3-11(12)6-15-13)7-21-8-14-16-18-19-17-14/h3-4,6-7,16,18-21H,5,8-12H2,1-2H3;10-13,15H,2-8H2,1H3,(H,16,17,18,19). The molecule has 2 saturated carbocycles. The Bertz CT molecular complexity index is 1230. The highest BCUT2D eigenvalue weighted by Gasteiger charge is 2.37. The molecule has 10 heteroatoms. The molecular weight excluding hydrogens is 556 g/mol. The van der Waals surface area contributed by atoms with E-state index in [1.807, 2.05) is 12.1 Å². The van der Waals surface area contributed by atoms with Crippen molar-refractivity contribution in [3.8, 4) is 0 Å². The number of carbonyl (C=O) groups is 3. The van der Waals surface area contributed by atoms with Crippen molar-refractivity contribution in [2.45, 2.75) is 97.2 Å². The van der Waals surface area contributed by atoms with E-state index in [9.17, 15) is 14.4 Å². The van der Waals surface area contributed by atoms with Crippen molar-refractivity contribution in [3.63, 3.8) is 0 Å². The fraction of sp³-hybridized carbons (Fsp3) is 0.706. The predicted octanol–water partition coefficient (Wildman–Crippen LogP) is 4.11. The number of tetrazole rings is 1. The SMILES string of the molecule is CC(=O)C1CC2CC(COCc3nn[nH]n3)CCC2CN1.CC(=O)c1ccc(CC2CCC3CNC(C(C)=O)CC3C2)cc1. The minimum absolute atomic E-state index is 0.0604. The average molecular weight is 607 g/mol. The number of fused-ring (bicyclic) bond motifs is 2. The van der Waals surface area contributed by atoms with Gasteiger partial charge in [0.05, 0.1) is 18.7 Å². The number of carbonyl (C=O) groups excluding carboxylic acids is 3. The maximum absolute atomic E-state index is 11.6. The lowest BCUT2D eigenvalue weighted by Gasteiger charge is -2.42. The molecule has 6 rings (SSSR count). The zero-order valence-electron chi connectivity index (χ0n) is 26.6. The second kappa shape index (κ2) is 15.5. The van der Waals surface area contributed by atoms with Crippen LogP contribution in [0.25, 0.3) is 0 Å². The fourth-order valence-electron chi connectivity index (χ4n) is 8.05. The van der Waals surface area contributed by atoms with Crippen molar-refractivity contribution in [1.29, 1.82) is 0 Å². The van der Waals surface area contributed by atoms with E-state index in [-0.39, 0.29) is 29.4 Å². The van der Waals surface area contributed by atoms with Gasteiger partial charge in [0.2, 0.25) is 0 Å². The van der Waals surface area contributed by atoms with Gasteiger partial charge in [-0.2, -0.15) is 5.21 Å². The van der Waals surface area contributed by atoms with Gasteiger partial charge in [-0.1, -0.05) is 29.5 Å². The third-order valence-corrected chi connectivity index (χ3v) is 10.7. The predicted molar refractivity (Wildman–Crippen MR) is 167 cm³/mol. The molecule has 4 fully saturated rings. The highest BCUT2D eigenvalue weighted by molar-refractivity contribution is 5.94. The molecule has 10 nitrogen and oxygen atoms in total. The van der Waals surface area contributed by atoms with Crippen molar-refractivity contribution in [2.75, 3.05) is 19.7 Å². The van der Waals surface area contributed by atoms with Crippen molar-refractivity contribution in [1.82, 2.24) is 31.3 Å². The van der Waals surface area contributed by atoms with Gasteiger partial charge in [-0.15, -0.1) is 10.2 Å². The van der Waals surface area contributed by atoms with Gasteiger partial charge in [0.1, 0.15) is 18.2 Å². The molecule has 2 aliphatic heterocycles. The van der Waals surface area contributed by atoms with Crippen LogP contribution in [-0.4, -0.2) is 69.8 Å². The lowest BCUT2D eigenvalue weighted by Crippen LogP contribution is -2.49. The molecule has 2 aromatic rings. The van der Waals surface area contributed by atoms with Crippen LogP contribution in [0.4, 0.5) is 0 Å². The van der Waals surface area contributed by atoms with Crippen molar-refractivity contribution in [2.24, 2.45) is 35.5 Å². The van der Waals surface area contributed by atoms with Gasteiger partial charge < -0.3 is 15.4 Å². The number of Topliss-reactive ketones (excluding diaryl/α,β-unsaturated/α-hetero) is 3. The summed E-state index contributed by atoms with van der Waals surface area (Å²) in [6.07, 6.45) is 10.5. The van der Waals surface area contributed by atoms with E-state index >= 15 is 0 Å². The normalized spacial score (nSPS) is 31.5. The Morgan fingerprint density at radius 2 is 1.36 bits per heavy atom. The lowest BCUT2D eigenvalue weighted by atomic mass is 9.68. The number of H-pyrrole nitrogens is 1. The highest BCUT2D eigenvalue weighted by atomic mass is 16.5. The summed E-state index contributed by atoms with van der Waals surface area (Å²) in [7, 11) is 0. The number of hydrogen-bond donors (Lipinski definition) is 3. The third-order valence-electron chi connectivity index (χ3n) is 10.7. The number of benzene rings is 1. The van der Waals surface area contributed by atoms with Gasteiger partial charge >= 0.3 is 0 Å². The number of nitrogens with zero attached hydrogens (tertiary/aromatic N) is 3. The Kier molecular flexibility index (Phi) is 11.4. The molecule has 0 amide bonds. The molecule has 0 spiro atoms. The first-order valence-corrected chi connectivity index (χ1v) is 16.6. The summed E-state index contributed by atoms with van der Waals surface area (Å²) < 4.78 is 5.70. The van der Waals surface area contributed by atoms with Crippen LogP contribution in [0, 0.1) is 35.5 Å². The minimum atomic E-state index is 0.0604. The van der Waals surface area contributed by atoms with Gasteiger partial charge in [-0.3, -0.25) is 14.4 Å². The van der Waals surface area contributed by atoms with Crippen LogP contribution in [0.2, 0.25) is 0 Å². The van der Waals surface area contributed by atoms with E-state index in [4.69, 9.17) is 4.74 Å². The van der Waals surface area contributed by atoms with Gasteiger partial charge in [-0.05, 0) is 133 Å². The Hall–Kier alpha value is -2.82. The third kappa shape index (κ3) is 8.88. The molecule has 3 heterocycles. The van der Waals surface area contributed by atoms with Gasteiger partial charge in [0.15, 0.2) is 11.6 Å². The number of piperidine rings is 2. The van der Waals surface area contributed by atoms with Crippen molar-refractivity contribution < 1.29 is 19.1 Å². The molecule has 4 aliphatic rings. The summed E-state index contributed by atoms with van der Waals surface area (Å²) in [4.78, 5) is 34.5. The summed E-state index contributed by atoms with van der Waals surface area (Å²) in [6, 6.07) is 8.22. The second-order valence-electron chi connectivity index (χ2n) is 13.8. The van der Waals surface area contributed by atoms with Crippen LogP contribution in [0.5, 0.6) is 0 Å². The largest absolute Gasteiger partial charge is 0.373 e. The monoisotopic (exact) mass is 606 g/mol. The fourth-order valence-corrected chi connectivity index (χ4v) is 8.05. The summed E-state index contributed by atoms with van der Waals surface area (Å²) in [5, 5.41) is 20.5. The zero-order valence-corrected chi connectivity index (χ0v) is 26.6. The Labute approximate surface area is 261 Å². The van der Waals surface area contributed by atoms with Crippen molar-refractivity contribution in [3.05, 3.63) is 41.2 Å². The number of rotatable bonds is 9. The Morgan fingerprint density at radius 1 is 0.773 bits per heavy atom. The molecule has 0 radical (unpaired) electrons. The number of hydrogen-bond acceptors (Lipinski definition) is 9. The van der Waals surface area contributed by atoms with Gasteiger partial charge in [0, 0.05) is 5.56 Å². The van der Waals surface area contributed by atoms with Crippen LogP contribution < -0.4 is 10.6 Å². The zero-order chi connectivity index (χ0) is 31.1. The number of ether oxygens (including phenoxy) is 1. The number of aromatic nitrogens is 4.